The topological polar surface area (TPSA) is 49.9 Å². The molecule has 0 radical (unpaired) electrons. The summed E-state index contributed by atoms with van der Waals surface area (Å²) in [5.41, 5.74) is 0.371. The third-order valence-electron chi connectivity index (χ3n) is 3.79. The Kier molecular flexibility index (Phi) is 4.24. The van der Waals surface area contributed by atoms with Crippen LogP contribution in [0.2, 0.25) is 0 Å². The summed E-state index contributed by atoms with van der Waals surface area (Å²) in [7, 11) is 0. The monoisotopic (exact) mass is 337 g/mol. The molecule has 0 unspecified atom stereocenters. The number of fused-ring (bicyclic) bond motifs is 1. The molecule has 0 aliphatic heterocycles. The van der Waals surface area contributed by atoms with Gasteiger partial charge in [0, 0.05) is 11.5 Å². The first-order valence-electron chi connectivity index (χ1n) is 7.79. The Labute approximate surface area is 144 Å². The molecule has 1 heterocycles. The van der Waals surface area contributed by atoms with Crippen molar-refractivity contribution >= 4 is 40.0 Å². The summed E-state index contributed by atoms with van der Waals surface area (Å²) in [6.45, 7) is 5.59. The van der Waals surface area contributed by atoms with E-state index in [4.69, 9.17) is 0 Å². The lowest BCUT2D eigenvalue weighted by Crippen LogP contribution is -2.22. The summed E-state index contributed by atoms with van der Waals surface area (Å²) in [5.74, 6) is -0.00305. The van der Waals surface area contributed by atoms with Gasteiger partial charge in [-0.25, -0.2) is 0 Å². The van der Waals surface area contributed by atoms with Crippen LogP contribution in [-0.4, -0.2) is 10.8 Å². The highest BCUT2D eigenvalue weighted by molar-refractivity contribution is 7.07. The van der Waals surface area contributed by atoms with Gasteiger partial charge in [-0.3, -0.25) is 9.59 Å². The number of rotatable bonds is 2. The molecule has 3 nitrogen and oxygen atoms in total. The highest BCUT2D eigenvalue weighted by Gasteiger charge is 2.18. The number of carbonyl (C=O) groups is 1. The number of benzene rings is 2. The standard InChI is InChI=1S/C20H19NO2S/c1-20(2,3)17(22)12-18-21-19(23)16(24-18)11-14-9-6-8-13-7-4-5-10-15(13)14/h4-12H,1-3H3,(H,21,23)/b16-11+,18-12+. The minimum atomic E-state index is -0.458. The predicted octanol–water partition coefficient (Wildman–Crippen LogP) is 2.81. The van der Waals surface area contributed by atoms with Crippen LogP contribution in [0.5, 0.6) is 0 Å². The van der Waals surface area contributed by atoms with Gasteiger partial charge in [-0.05, 0) is 22.4 Å². The fourth-order valence-electron chi connectivity index (χ4n) is 2.38. The number of hydrogen-bond acceptors (Lipinski definition) is 3. The van der Waals surface area contributed by atoms with Crippen LogP contribution in [0.4, 0.5) is 0 Å². The molecule has 0 aliphatic rings. The Bertz CT molecular complexity index is 1080. The van der Waals surface area contributed by atoms with E-state index in [0.29, 0.717) is 9.20 Å². The third-order valence-corrected chi connectivity index (χ3v) is 4.75. The molecular formula is C20H19NO2S. The van der Waals surface area contributed by atoms with Gasteiger partial charge in [-0.2, -0.15) is 0 Å². The van der Waals surface area contributed by atoms with Crippen LogP contribution in [0.1, 0.15) is 26.3 Å². The Morgan fingerprint density at radius 1 is 1.08 bits per heavy atom. The zero-order chi connectivity index (χ0) is 17.3. The number of hydrogen-bond donors (Lipinski definition) is 1. The number of ketones is 1. The summed E-state index contributed by atoms with van der Waals surface area (Å²) in [5, 5.41) is 2.23. The van der Waals surface area contributed by atoms with Crippen molar-refractivity contribution in [2.45, 2.75) is 20.8 Å². The second-order valence-electron chi connectivity index (χ2n) is 6.76. The second kappa shape index (κ2) is 6.21. The molecule has 3 rings (SSSR count). The van der Waals surface area contributed by atoms with E-state index in [1.54, 1.807) is 0 Å². The van der Waals surface area contributed by atoms with Crippen molar-refractivity contribution in [1.82, 2.24) is 4.98 Å². The van der Waals surface area contributed by atoms with Gasteiger partial charge in [0.05, 0.1) is 9.20 Å². The molecule has 24 heavy (non-hydrogen) atoms. The Balaban J connectivity index is 2.14. The third kappa shape index (κ3) is 3.39. The molecule has 122 valence electrons. The molecule has 0 fully saturated rings. The first-order chi connectivity index (χ1) is 11.3. The van der Waals surface area contributed by atoms with Gasteiger partial charge < -0.3 is 4.98 Å². The number of H-pyrrole nitrogens is 1. The molecule has 1 aromatic heterocycles. The van der Waals surface area contributed by atoms with E-state index in [2.05, 4.69) is 4.98 Å². The zero-order valence-electron chi connectivity index (χ0n) is 13.9. The number of aromatic amines is 1. The lowest BCUT2D eigenvalue weighted by molar-refractivity contribution is -0.119. The van der Waals surface area contributed by atoms with Gasteiger partial charge in [0.1, 0.15) is 0 Å². The average molecular weight is 337 g/mol. The van der Waals surface area contributed by atoms with E-state index in [1.807, 2.05) is 69.3 Å². The van der Waals surface area contributed by atoms with Crippen LogP contribution in [0.25, 0.3) is 22.9 Å². The first-order valence-corrected chi connectivity index (χ1v) is 8.61. The Morgan fingerprint density at radius 3 is 2.54 bits per heavy atom. The van der Waals surface area contributed by atoms with Crippen LogP contribution in [0.3, 0.4) is 0 Å². The molecule has 4 heteroatoms. The zero-order valence-corrected chi connectivity index (χ0v) is 14.7. The molecule has 0 amide bonds. The van der Waals surface area contributed by atoms with Gasteiger partial charge in [-0.1, -0.05) is 63.2 Å². The van der Waals surface area contributed by atoms with Crippen molar-refractivity contribution in [3.05, 3.63) is 67.6 Å². The van der Waals surface area contributed by atoms with Gasteiger partial charge in [-0.15, -0.1) is 11.3 Å². The summed E-state index contributed by atoms with van der Waals surface area (Å²) in [4.78, 5) is 27.1. The molecule has 0 spiro atoms. The molecule has 0 aliphatic carbocycles. The molecule has 2 aromatic carbocycles. The normalized spacial score (nSPS) is 13.6. The maximum absolute atomic E-state index is 12.2. The molecule has 3 aromatic rings. The maximum atomic E-state index is 12.2. The number of thiazole rings is 1. The predicted molar refractivity (Wildman–Crippen MR) is 101 cm³/mol. The lowest BCUT2D eigenvalue weighted by Gasteiger charge is -2.12. The molecule has 1 N–H and O–H groups in total. The van der Waals surface area contributed by atoms with Crippen molar-refractivity contribution in [1.29, 1.82) is 0 Å². The molecule has 0 saturated carbocycles. The van der Waals surface area contributed by atoms with Crippen LogP contribution in [0.15, 0.2) is 47.3 Å². The summed E-state index contributed by atoms with van der Waals surface area (Å²) < 4.78 is 1.19. The lowest BCUT2D eigenvalue weighted by atomic mass is 9.91. The number of carbonyl (C=O) groups excluding carboxylic acids is 1. The molecule has 0 bridgehead atoms. The van der Waals surface area contributed by atoms with Crippen LogP contribution in [-0.2, 0) is 4.79 Å². The van der Waals surface area contributed by atoms with E-state index in [9.17, 15) is 9.59 Å². The van der Waals surface area contributed by atoms with Crippen molar-refractivity contribution < 1.29 is 4.79 Å². The smallest absolute Gasteiger partial charge is 0.266 e. The first kappa shape index (κ1) is 16.4. The minimum absolute atomic E-state index is 0.00305. The second-order valence-corrected chi connectivity index (χ2v) is 7.84. The number of aromatic nitrogens is 1. The highest BCUT2D eigenvalue weighted by atomic mass is 32.1. The largest absolute Gasteiger partial charge is 0.313 e. The van der Waals surface area contributed by atoms with Crippen molar-refractivity contribution in [2.24, 2.45) is 5.41 Å². The fourth-order valence-corrected chi connectivity index (χ4v) is 3.25. The number of Topliss-reactive ketones (excluding diaryl/α,β-unsaturated/α-hetero) is 1. The fraction of sp³-hybridized carbons (Fsp3) is 0.200. The molecular weight excluding hydrogens is 318 g/mol. The molecule has 0 atom stereocenters. The Morgan fingerprint density at radius 2 is 1.79 bits per heavy atom. The van der Waals surface area contributed by atoms with Crippen molar-refractivity contribution in [3.8, 4) is 0 Å². The van der Waals surface area contributed by atoms with Gasteiger partial charge in [0.15, 0.2) is 5.78 Å². The van der Waals surface area contributed by atoms with Crippen LogP contribution in [0, 0.1) is 5.41 Å². The quantitative estimate of drug-likeness (QED) is 0.782. The van der Waals surface area contributed by atoms with E-state index in [-0.39, 0.29) is 11.3 Å². The van der Waals surface area contributed by atoms with Crippen molar-refractivity contribution in [2.75, 3.05) is 0 Å². The summed E-state index contributed by atoms with van der Waals surface area (Å²) in [6.07, 6.45) is 3.40. The van der Waals surface area contributed by atoms with Crippen LogP contribution < -0.4 is 14.8 Å². The van der Waals surface area contributed by atoms with E-state index in [0.717, 1.165) is 16.3 Å². The number of nitrogens with one attached hydrogen (secondary N) is 1. The van der Waals surface area contributed by atoms with E-state index in [1.165, 1.54) is 17.4 Å². The maximum Gasteiger partial charge on any atom is 0.266 e. The van der Waals surface area contributed by atoms with Crippen molar-refractivity contribution in [3.63, 3.8) is 0 Å². The van der Waals surface area contributed by atoms with Crippen LogP contribution >= 0.6 is 11.3 Å². The van der Waals surface area contributed by atoms with Gasteiger partial charge in [0.25, 0.3) is 5.56 Å². The summed E-state index contributed by atoms with van der Waals surface area (Å²) >= 11 is 1.31. The Hall–Kier alpha value is -2.46. The van der Waals surface area contributed by atoms with Gasteiger partial charge in [0.2, 0.25) is 0 Å². The summed E-state index contributed by atoms with van der Waals surface area (Å²) in [6, 6.07) is 14.1. The van der Waals surface area contributed by atoms with E-state index >= 15 is 0 Å². The van der Waals surface area contributed by atoms with E-state index < -0.39 is 5.41 Å². The molecule has 0 saturated heterocycles. The average Bonchev–Trinajstić information content (AvgIpc) is 2.86. The van der Waals surface area contributed by atoms with Gasteiger partial charge >= 0.3 is 0 Å². The minimum Gasteiger partial charge on any atom is -0.313 e. The SMILES string of the molecule is CC(C)(C)C(=O)/C=c1\[nH]c(=O)/c(=C\c2cccc3ccccc23)s1. The highest BCUT2D eigenvalue weighted by Crippen LogP contribution is 2.18.